The highest BCUT2D eigenvalue weighted by Crippen LogP contribution is 2.21. The largest absolute Gasteiger partial charge is 0.457 e. The Labute approximate surface area is 113 Å². The van der Waals surface area contributed by atoms with E-state index >= 15 is 0 Å². The zero-order valence-corrected chi connectivity index (χ0v) is 10.9. The molecule has 0 saturated heterocycles. The van der Waals surface area contributed by atoms with Crippen LogP contribution in [0.3, 0.4) is 0 Å². The zero-order valence-electron chi connectivity index (χ0n) is 10.9. The van der Waals surface area contributed by atoms with Crippen molar-refractivity contribution in [1.82, 2.24) is 5.32 Å². The molecule has 2 rings (SSSR count). The number of likely N-dealkylation sites (N-methyl/N-ethyl adjacent to an activating group) is 1. The Morgan fingerprint density at radius 2 is 1.63 bits per heavy atom. The quantitative estimate of drug-likeness (QED) is 0.891. The van der Waals surface area contributed by atoms with Gasteiger partial charge < -0.3 is 10.1 Å². The number of carbonyl (C=O) groups is 1. The number of benzene rings is 2. The molecule has 3 nitrogen and oxygen atoms in total. The molecule has 0 spiro atoms. The fourth-order valence-electron chi connectivity index (χ4n) is 1.75. The Morgan fingerprint density at radius 3 is 2.26 bits per heavy atom. The van der Waals surface area contributed by atoms with Gasteiger partial charge in [-0.3, -0.25) is 4.79 Å². The van der Waals surface area contributed by atoms with Crippen LogP contribution in [0.4, 0.5) is 0 Å². The van der Waals surface area contributed by atoms with Crippen molar-refractivity contribution in [1.29, 1.82) is 0 Å². The van der Waals surface area contributed by atoms with E-state index in [2.05, 4.69) is 5.32 Å². The highest BCUT2D eigenvalue weighted by molar-refractivity contribution is 5.78. The molecular weight excluding hydrogens is 238 g/mol. The number of nitrogens with one attached hydrogen (secondary N) is 1. The Hall–Kier alpha value is -2.29. The highest BCUT2D eigenvalue weighted by Gasteiger charge is 2.02. The second-order valence-electron chi connectivity index (χ2n) is 4.19. The van der Waals surface area contributed by atoms with Crippen LogP contribution in [0.1, 0.15) is 12.5 Å². The monoisotopic (exact) mass is 255 g/mol. The van der Waals surface area contributed by atoms with Crippen LogP contribution in [0.25, 0.3) is 0 Å². The van der Waals surface area contributed by atoms with Crippen molar-refractivity contribution >= 4 is 5.91 Å². The lowest BCUT2D eigenvalue weighted by Gasteiger charge is -2.06. The number of para-hydroxylation sites is 1. The minimum absolute atomic E-state index is 0.0410. The molecule has 2 aromatic rings. The number of ether oxygens (including phenoxy) is 1. The summed E-state index contributed by atoms with van der Waals surface area (Å²) in [6, 6.07) is 17.2. The van der Waals surface area contributed by atoms with Gasteiger partial charge in [0.15, 0.2) is 0 Å². The van der Waals surface area contributed by atoms with Gasteiger partial charge in [-0.15, -0.1) is 0 Å². The van der Waals surface area contributed by atoms with Crippen LogP contribution in [0.5, 0.6) is 11.5 Å². The Kier molecular flexibility index (Phi) is 4.56. The third kappa shape index (κ3) is 4.14. The molecule has 0 aliphatic heterocycles. The first-order chi connectivity index (χ1) is 9.28. The number of amides is 1. The van der Waals surface area contributed by atoms with E-state index < -0.39 is 0 Å². The molecule has 1 amide bonds. The van der Waals surface area contributed by atoms with Gasteiger partial charge in [-0.25, -0.2) is 0 Å². The maximum absolute atomic E-state index is 11.4. The first-order valence-electron chi connectivity index (χ1n) is 6.36. The molecule has 0 heterocycles. The average molecular weight is 255 g/mol. The molecule has 0 aromatic heterocycles. The van der Waals surface area contributed by atoms with Gasteiger partial charge in [0.25, 0.3) is 0 Å². The first-order valence-corrected chi connectivity index (χ1v) is 6.36. The molecule has 0 bridgehead atoms. The minimum atomic E-state index is 0.0410. The van der Waals surface area contributed by atoms with Crippen LogP contribution in [-0.4, -0.2) is 12.5 Å². The summed E-state index contributed by atoms with van der Waals surface area (Å²) in [5.41, 5.74) is 0.978. The SMILES string of the molecule is CCNC(=O)Cc1ccc(Oc2ccccc2)cc1. The molecule has 0 aliphatic rings. The molecule has 0 aliphatic carbocycles. The van der Waals surface area contributed by atoms with E-state index in [1.54, 1.807) is 0 Å². The topological polar surface area (TPSA) is 38.3 Å². The minimum Gasteiger partial charge on any atom is -0.457 e. The van der Waals surface area contributed by atoms with Gasteiger partial charge >= 0.3 is 0 Å². The summed E-state index contributed by atoms with van der Waals surface area (Å²) >= 11 is 0. The van der Waals surface area contributed by atoms with Crippen LogP contribution >= 0.6 is 0 Å². The maximum atomic E-state index is 11.4. The van der Waals surface area contributed by atoms with Crippen LogP contribution in [0.15, 0.2) is 54.6 Å². The number of carbonyl (C=O) groups excluding carboxylic acids is 1. The summed E-state index contributed by atoms with van der Waals surface area (Å²) in [6.45, 7) is 2.57. The number of hydrogen-bond donors (Lipinski definition) is 1. The molecular formula is C16H17NO2. The molecule has 0 saturated carbocycles. The van der Waals surface area contributed by atoms with Gasteiger partial charge in [-0.1, -0.05) is 30.3 Å². The smallest absolute Gasteiger partial charge is 0.224 e. The molecule has 2 aromatic carbocycles. The van der Waals surface area contributed by atoms with Gasteiger partial charge in [0, 0.05) is 6.54 Å². The lowest BCUT2D eigenvalue weighted by atomic mass is 10.1. The molecule has 0 fully saturated rings. The molecule has 0 radical (unpaired) electrons. The second-order valence-corrected chi connectivity index (χ2v) is 4.19. The fraction of sp³-hybridized carbons (Fsp3) is 0.188. The zero-order chi connectivity index (χ0) is 13.5. The third-order valence-corrected chi connectivity index (χ3v) is 2.64. The Bertz CT molecular complexity index is 520. The molecule has 1 N–H and O–H groups in total. The van der Waals surface area contributed by atoms with Crippen LogP contribution in [0.2, 0.25) is 0 Å². The summed E-state index contributed by atoms with van der Waals surface area (Å²) in [7, 11) is 0. The van der Waals surface area contributed by atoms with Crippen molar-refractivity contribution in [3.63, 3.8) is 0 Å². The fourth-order valence-corrected chi connectivity index (χ4v) is 1.75. The second kappa shape index (κ2) is 6.59. The van der Waals surface area contributed by atoms with Crippen molar-refractivity contribution in [3.8, 4) is 11.5 Å². The van der Waals surface area contributed by atoms with Crippen molar-refractivity contribution in [2.45, 2.75) is 13.3 Å². The van der Waals surface area contributed by atoms with Gasteiger partial charge in [0.05, 0.1) is 6.42 Å². The molecule has 3 heteroatoms. The van der Waals surface area contributed by atoms with E-state index in [0.29, 0.717) is 13.0 Å². The van der Waals surface area contributed by atoms with E-state index in [0.717, 1.165) is 17.1 Å². The van der Waals surface area contributed by atoms with E-state index in [9.17, 15) is 4.79 Å². The van der Waals surface area contributed by atoms with E-state index in [-0.39, 0.29) is 5.91 Å². The summed E-state index contributed by atoms with van der Waals surface area (Å²) in [5.74, 6) is 1.61. The van der Waals surface area contributed by atoms with Crippen molar-refractivity contribution < 1.29 is 9.53 Å². The standard InChI is InChI=1S/C16H17NO2/c1-2-17-16(18)12-13-8-10-15(11-9-13)19-14-6-4-3-5-7-14/h3-11H,2,12H2,1H3,(H,17,18). The van der Waals surface area contributed by atoms with Gasteiger partial charge in [-0.05, 0) is 36.8 Å². The highest BCUT2D eigenvalue weighted by atomic mass is 16.5. The van der Waals surface area contributed by atoms with Crippen molar-refractivity contribution in [2.24, 2.45) is 0 Å². The summed E-state index contributed by atoms with van der Waals surface area (Å²) in [6.07, 6.45) is 0.402. The van der Waals surface area contributed by atoms with Crippen LogP contribution in [-0.2, 0) is 11.2 Å². The number of rotatable bonds is 5. The van der Waals surface area contributed by atoms with Crippen LogP contribution < -0.4 is 10.1 Å². The molecule has 0 unspecified atom stereocenters. The normalized spacial score (nSPS) is 9.95. The lowest BCUT2D eigenvalue weighted by molar-refractivity contribution is -0.120. The average Bonchev–Trinajstić information content (AvgIpc) is 2.42. The number of hydrogen-bond acceptors (Lipinski definition) is 2. The van der Waals surface area contributed by atoms with Gasteiger partial charge in [-0.2, -0.15) is 0 Å². The molecule has 98 valence electrons. The predicted octanol–water partition coefficient (Wildman–Crippen LogP) is 3.16. The maximum Gasteiger partial charge on any atom is 0.224 e. The van der Waals surface area contributed by atoms with Crippen molar-refractivity contribution in [3.05, 3.63) is 60.2 Å². The van der Waals surface area contributed by atoms with E-state index in [1.165, 1.54) is 0 Å². The lowest BCUT2D eigenvalue weighted by Crippen LogP contribution is -2.24. The van der Waals surface area contributed by atoms with E-state index in [4.69, 9.17) is 4.74 Å². The first kappa shape index (κ1) is 13.1. The van der Waals surface area contributed by atoms with Crippen molar-refractivity contribution in [2.75, 3.05) is 6.54 Å². The summed E-state index contributed by atoms with van der Waals surface area (Å²) in [5, 5.41) is 2.78. The third-order valence-electron chi connectivity index (χ3n) is 2.64. The molecule has 0 atom stereocenters. The summed E-state index contributed by atoms with van der Waals surface area (Å²) in [4.78, 5) is 11.4. The molecule has 19 heavy (non-hydrogen) atoms. The Morgan fingerprint density at radius 1 is 1.00 bits per heavy atom. The van der Waals surface area contributed by atoms with Gasteiger partial charge in [0.1, 0.15) is 11.5 Å². The Balaban J connectivity index is 1.97. The van der Waals surface area contributed by atoms with Gasteiger partial charge in [0.2, 0.25) is 5.91 Å². The van der Waals surface area contributed by atoms with Crippen LogP contribution in [0, 0.1) is 0 Å². The van der Waals surface area contributed by atoms with E-state index in [1.807, 2.05) is 61.5 Å². The predicted molar refractivity (Wildman–Crippen MR) is 75.3 cm³/mol. The summed E-state index contributed by atoms with van der Waals surface area (Å²) < 4.78 is 5.69.